The number of nitrogens with zero attached hydrogens (tertiary/aromatic N) is 3. The van der Waals surface area contributed by atoms with Crippen LogP contribution in [-0.4, -0.2) is 34.8 Å². The topological polar surface area (TPSA) is 79.4 Å². The summed E-state index contributed by atoms with van der Waals surface area (Å²) in [5.41, 5.74) is 9.59. The second-order valence-corrected chi connectivity index (χ2v) is 10.4. The molecule has 2 aliphatic rings. The summed E-state index contributed by atoms with van der Waals surface area (Å²) in [4.78, 5) is 0. The van der Waals surface area contributed by atoms with Crippen LogP contribution in [0, 0.1) is 5.53 Å². The van der Waals surface area contributed by atoms with Crippen LogP contribution < -0.4 is 26.7 Å². The Hall–Kier alpha value is -1.13. The summed E-state index contributed by atoms with van der Waals surface area (Å²) < 4.78 is 13.9. The summed E-state index contributed by atoms with van der Waals surface area (Å²) in [6.07, 6.45) is 2.12. The van der Waals surface area contributed by atoms with Crippen LogP contribution in [0.2, 0.25) is 0 Å². The molecule has 2 saturated heterocycles. The van der Waals surface area contributed by atoms with E-state index in [-0.39, 0.29) is 39.5 Å². The average Bonchev–Trinajstić information content (AvgIpc) is 3.10. The molecular weight excluding hydrogens is 430 g/mol. The van der Waals surface area contributed by atoms with Gasteiger partial charge in [-0.15, -0.1) is 0 Å². The fourth-order valence-electron chi connectivity index (χ4n) is 2.75. The van der Waals surface area contributed by atoms with Crippen LogP contribution in [-0.2, 0) is 9.31 Å². The predicted molar refractivity (Wildman–Crippen MR) is 95.5 cm³/mol. The summed E-state index contributed by atoms with van der Waals surface area (Å²) in [7, 11) is -0.308. The van der Waals surface area contributed by atoms with Gasteiger partial charge in [0, 0.05) is 0 Å². The van der Waals surface area contributed by atoms with Crippen LogP contribution in [0.1, 0.15) is 43.6 Å². The Morgan fingerprint density at radius 2 is 1.80 bits per heavy atom. The summed E-state index contributed by atoms with van der Waals surface area (Å²) in [6.45, 7) is 8.28. The molecule has 1 atom stereocenters. The molecule has 0 saturated carbocycles. The number of alkyl halides is 2. The summed E-state index contributed by atoms with van der Waals surface area (Å²) >= 11 is 0.0382. The maximum atomic E-state index is 6.68. The molecule has 1 aromatic rings. The second-order valence-electron chi connectivity index (χ2n) is 7.24. The number of hydrogen-bond acceptors (Lipinski definition) is 5. The van der Waals surface area contributed by atoms with E-state index in [9.17, 15) is 0 Å². The van der Waals surface area contributed by atoms with Crippen LogP contribution in [0.4, 0.5) is 0 Å². The molecule has 2 aliphatic heterocycles. The van der Waals surface area contributed by atoms with Crippen LogP contribution in [0.15, 0.2) is 39.6 Å². The first-order valence-electron chi connectivity index (χ1n) is 8.29. The van der Waals surface area contributed by atoms with Crippen molar-refractivity contribution in [1.29, 1.82) is 5.53 Å². The van der Waals surface area contributed by atoms with E-state index in [2.05, 4.69) is 67.3 Å². The van der Waals surface area contributed by atoms with E-state index in [4.69, 9.17) is 14.8 Å². The summed E-state index contributed by atoms with van der Waals surface area (Å²) in [5.74, 6) is 0. The molecule has 2 heterocycles. The Balaban J connectivity index is 1.67. The first kappa shape index (κ1) is 18.7. The minimum absolute atomic E-state index is 0.0382. The Morgan fingerprint density at radius 3 is 2.40 bits per heavy atom. The molecule has 8 heteroatoms. The van der Waals surface area contributed by atoms with Crippen LogP contribution in [0.3, 0.4) is 0 Å². The van der Waals surface area contributed by atoms with Crippen molar-refractivity contribution >= 4 is 24.6 Å². The van der Waals surface area contributed by atoms with Crippen molar-refractivity contribution in [2.45, 2.75) is 49.2 Å². The molecule has 6 nitrogen and oxygen atoms in total. The van der Waals surface area contributed by atoms with Crippen molar-refractivity contribution in [1.82, 2.24) is 0 Å². The molecule has 0 radical (unpaired) electrons. The van der Waals surface area contributed by atoms with Crippen molar-refractivity contribution in [2.24, 2.45) is 15.3 Å². The maximum absolute atomic E-state index is 6.68. The molecule has 3 rings (SSSR count). The van der Waals surface area contributed by atoms with Gasteiger partial charge in [-0.05, 0) is 0 Å². The van der Waals surface area contributed by atoms with Gasteiger partial charge in [-0.25, -0.2) is 0 Å². The van der Waals surface area contributed by atoms with Gasteiger partial charge in [0.2, 0.25) is 0 Å². The number of hydrogen-bond donors (Lipinski definition) is 1. The van der Waals surface area contributed by atoms with Crippen molar-refractivity contribution in [3.8, 4) is 0 Å². The van der Waals surface area contributed by atoms with E-state index >= 15 is 0 Å². The van der Waals surface area contributed by atoms with Gasteiger partial charge in [-0.2, -0.15) is 0 Å². The first-order valence-corrected chi connectivity index (χ1v) is 11.1. The van der Waals surface area contributed by atoms with Gasteiger partial charge in [0.25, 0.3) is 0 Å². The third-order valence-corrected chi connectivity index (χ3v) is 8.51. The Kier molecular flexibility index (Phi) is 5.41. The SMILES string of the molecule is CC1(C)OB(c2ccc([C@H]3C/C(=N/N=C\N=N)C[I-]3)cc2)OC1(C)C. The van der Waals surface area contributed by atoms with Gasteiger partial charge >= 0.3 is 159 Å². The molecule has 1 aromatic carbocycles. The molecule has 0 unspecified atom stereocenters. The van der Waals surface area contributed by atoms with Gasteiger partial charge in [0.1, 0.15) is 0 Å². The van der Waals surface area contributed by atoms with Crippen molar-refractivity contribution < 1.29 is 30.5 Å². The monoisotopic (exact) mass is 453 g/mol. The average molecular weight is 453 g/mol. The van der Waals surface area contributed by atoms with Crippen LogP contribution in [0.25, 0.3) is 0 Å². The molecule has 2 fully saturated rings. The Morgan fingerprint density at radius 1 is 1.16 bits per heavy atom. The van der Waals surface area contributed by atoms with Crippen LogP contribution >= 0.6 is 0 Å². The Bertz CT molecular complexity index is 687. The van der Waals surface area contributed by atoms with Gasteiger partial charge in [-0.3, -0.25) is 0 Å². The molecule has 1 N–H and O–H groups in total. The van der Waals surface area contributed by atoms with Gasteiger partial charge in [0.15, 0.2) is 0 Å². The molecule has 25 heavy (non-hydrogen) atoms. The van der Waals surface area contributed by atoms with Crippen molar-refractivity contribution in [3.63, 3.8) is 0 Å². The Labute approximate surface area is 159 Å². The van der Waals surface area contributed by atoms with Crippen molar-refractivity contribution in [2.75, 3.05) is 4.43 Å². The number of benzene rings is 1. The molecule has 0 aliphatic carbocycles. The molecule has 134 valence electrons. The quantitative estimate of drug-likeness (QED) is 0.132. The van der Waals surface area contributed by atoms with E-state index < -0.39 is 0 Å². The van der Waals surface area contributed by atoms with Gasteiger partial charge < -0.3 is 0 Å². The minimum atomic E-state index is -0.315. The zero-order valence-electron chi connectivity index (χ0n) is 15.0. The number of halogens is 1. The van der Waals surface area contributed by atoms with E-state index in [1.54, 1.807) is 0 Å². The fraction of sp³-hybridized carbons (Fsp3) is 0.529. The number of rotatable bonds is 4. The molecule has 0 aromatic heterocycles. The third-order valence-electron chi connectivity index (χ3n) is 4.96. The fourth-order valence-corrected chi connectivity index (χ4v) is 5.99. The van der Waals surface area contributed by atoms with E-state index in [0.717, 1.165) is 28.4 Å². The third kappa shape index (κ3) is 4.01. The predicted octanol–water partition coefficient (Wildman–Crippen LogP) is -0.0651. The summed E-state index contributed by atoms with van der Waals surface area (Å²) in [5, 5.41) is 11.0. The van der Waals surface area contributed by atoms with E-state index in [1.807, 2.05) is 0 Å². The standard InChI is InChI=1S/C17H23BIN4O2/c1-16(2)17(3,4)25-18(24-16)13-7-5-12(6-8-13)15-9-14(10-19-15)23-22-11-21-20/h5-8,11,15,20H,9-10H2,1-4H3/q-1/b21-20?,22-11-,23-14-/t15-/m1/s1. The molecular formula is C17H23BIN4O2-. The molecule has 0 bridgehead atoms. The van der Waals surface area contributed by atoms with E-state index in [0.29, 0.717) is 3.92 Å². The van der Waals surface area contributed by atoms with Gasteiger partial charge in [0.05, 0.1) is 0 Å². The zero-order valence-corrected chi connectivity index (χ0v) is 17.1. The first-order chi connectivity index (χ1) is 11.8. The van der Waals surface area contributed by atoms with Crippen molar-refractivity contribution in [3.05, 3.63) is 29.8 Å². The normalized spacial score (nSPS) is 27.0. The second kappa shape index (κ2) is 7.24. The number of nitrogens with one attached hydrogen (secondary N) is 1. The van der Waals surface area contributed by atoms with Gasteiger partial charge in [-0.1, -0.05) is 0 Å². The zero-order chi connectivity index (χ0) is 18.1. The molecule has 0 spiro atoms. The summed E-state index contributed by atoms with van der Waals surface area (Å²) in [6, 6.07) is 8.62. The van der Waals surface area contributed by atoms with E-state index in [1.165, 1.54) is 5.56 Å². The van der Waals surface area contributed by atoms with Crippen LogP contribution in [0.5, 0.6) is 0 Å². The molecule has 0 amide bonds.